The first kappa shape index (κ1) is 15.8. The number of aliphatic hydroxyl groups excluding tert-OH is 1. The van der Waals surface area contributed by atoms with Gasteiger partial charge in [0.2, 0.25) is 0 Å². The van der Waals surface area contributed by atoms with E-state index in [0.717, 1.165) is 42.7 Å². The summed E-state index contributed by atoms with van der Waals surface area (Å²) in [4.78, 5) is 18.4. The molecule has 3 rings (SSSR count). The normalized spacial score (nSPS) is 14.2. The third-order valence-corrected chi connectivity index (χ3v) is 4.27. The first-order valence-electron chi connectivity index (χ1n) is 8.28. The Bertz CT molecular complexity index is 678. The maximum atomic E-state index is 12.1. The molecule has 1 heterocycles. The van der Waals surface area contributed by atoms with E-state index in [-0.39, 0.29) is 12.6 Å². The molecule has 2 amide bonds. The molecule has 0 bridgehead atoms. The standard InChI is InChI=1S/C17H24N4O2/c1-13-19-15-5-2-3-6-16(15)20(13)10-4-9-18-17(23)21(11-12-22)14-7-8-14/h2-3,5-6,14,22H,4,7-12H2,1H3,(H,18,23). The van der Waals surface area contributed by atoms with Crippen molar-refractivity contribution in [2.75, 3.05) is 19.7 Å². The number of aromatic nitrogens is 2. The van der Waals surface area contributed by atoms with Crippen LogP contribution in [0.2, 0.25) is 0 Å². The summed E-state index contributed by atoms with van der Waals surface area (Å²) in [7, 11) is 0. The molecular weight excluding hydrogens is 292 g/mol. The van der Waals surface area contributed by atoms with E-state index in [1.807, 2.05) is 25.1 Å². The Hall–Kier alpha value is -2.08. The van der Waals surface area contributed by atoms with Crippen LogP contribution in [0, 0.1) is 6.92 Å². The van der Waals surface area contributed by atoms with Crippen molar-refractivity contribution < 1.29 is 9.90 Å². The predicted molar refractivity (Wildman–Crippen MR) is 89.3 cm³/mol. The van der Waals surface area contributed by atoms with Gasteiger partial charge in [0.15, 0.2) is 0 Å². The molecule has 0 aliphatic heterocycles. The van der Waals surface area contributed by atoms with Crippen LogP contribution in [-0.2, 0) is 6.54 Å². The number of benzene rings is 1. The van der Waals surface area contributed by atoms with E-state index in [0.29, 0.717) is 19.1 Å². The van der Waals surface area contributed by atoms with Crippen LogP contribution >= 0.6 is 0 Å². The molecule has 6 nitrogen and oxygen atoms in total. The van der Waals surface area contributed by atoms with Gasteiger partial charge in [0.1, 0.15) is 5.82 Å². The molecule has 0 unspecified atom stereocenters. The molecule has 1 aliphatic carbocycles. The number of para-hydroxylation sites is 2. The van der Waals surface area contributed by atoms with Gasteiger partial charge in [-0.2, -0.15) is 0 Å². The maximum Gasteiger partial charge on any atom is 0.317 e. The average molecular weight is 316 g/mol. The maximum absolute atomic E-state index is 12.1. The number of amides is 2. The number of carbonyl (C=O) groups excluding carboxylic acids is 1. The van der Waals surface area contributed by atoms with Crippen molar-refractivity contribution in [3.63, 3.8) is 0 Å². The fourth-order valence-corrected chi connectivity index (χ4v) is 2.96. The number of fused-ring (bicyclic) bond motifs is 1. The topological polar surface area (TPSA) is 70.4 Å². The molecule has 23 heavy (non-hydrogen) atoms. The van der Waals surface area contributed by atoms with Gasteiger partial charge in [-0.3, -0.25) is 0 Å². The number of aliphatic hydroxyl groups is 1. The van der Waals surface area contributed by atoms with Gasteiger partial charge < -0.3 is 19.9 Å². The highest BCUT2D eigenvalue weighted by atomic mass is 16.3. The Kier molecular flexibility index (Phi) is 4.81. The molecule has 124 valence electrons. The molecule has 0 radical (unpaired) electrons. The van der Waals surface area contributed by atoms with E-state index in [1.54, 1.807) is 4.90 Å². The number of rotatable bonds is 7. The van der Waals surface area contributed by atoms with E-state index >= 15 is 0 Å². The lowest BCUT2D eigenvalue weighted by atomic mass is 10.3. The SMILES string of the molecule is Cc1nc2ccccc2n1CCCNC(=O)N(CCO)C1CC1. The number of nitrogens with one attached hydrogen (secondary N) is 1. The summed E-state index contributed by atoms with van der Waals surface area (Å²) in [6.45, 7) is 3.90. The second-order valence-corrected chi connectivity index (χ2v) is 6.03. The van der Waals surface area contributed by atoms with Gasteiger partial charge in [-0.05, 0) is 38.3 Å². The van der Waals surface area contributed by atoms with Gasteiger partial charge in [0, 0.05) is 25.7 Å². The molecule has 2 aromatic rings. The van der Waals surface area contributed by atoms with Gasteiger partial charge in [0.05, 0.1) is 17.6 Å². The Labute approximate surface area is 136 Å². The summed E-state index contributed by atoms with van der Waals surface area (Å²) in [5.74, 6) is 0.998. The highest BCUT2D eigenvalue weighted by molar-refractivity contribution is 5.76. The lowest BCUT2D eigenvalue weighted by molar-refractivity contribution is 0.173. The average Bonchev–Trinajstić information content (AvgIpc) is 3.33. The third kappa shape index (κ3) is 3.64. The molecule has 1 aromatic carbocycles. The fraction of sp³-hybridized carbons (Fsp3) is 0.529. The number of imidazole rings is 1. The lowest BCUT2D eigenvalue weighted by Gasteiger charge is -2.21. The van der Waals surface area contributed by atoms with Crippen molar-refractivity contribution >= 4 is 17.1 Å². The van der Waals surface area contributed by atoms with Gasteiger partial charge in [-0.15, -0.1) is 0 Å². The van der Waals surface area contributed by atoms with Crippen LogP contribution in [0.4, 0.5) is 4.79 Å². The molecule has 1 aliphatic rings. The van der Waals surface area contributed by atoms with Crippen molar-refractivity contribution in [2.24, 2.45) is 0 Å². The monoisotopic (exact) mass is 316 g/mol. The zero-order chi connectivity index (χ0) is 16.2. The smallest absolute Gasteiger partial charge is 0.317 e. The molecule has 0 atom stereocenters. The van der Waals surface area contributed by atoms with Crippen molar-refractivity contribution in [3.8, 4) is 0 Å². The summed E-state index contributed by atoms with van der Waals surface area (Å²) < 4.78 is 2.19. The second kappa shape index (κ2) is 7.00. The highest BCUT2D eigenvalue weighted by Gasteiger charge is 2.31. The van der Waals surface area contributed by atoms with Gasteiger partial charge in [0.25, 0.3) is 0 Å². The fourth-order valence-electron chi connectivity index (χ4n) is 2.96. The van der Waals surface area contributed by atoms with Crippen molar-refractivity contribution in [1.29, 1.82) is 0 Å². The number of urea groups is 1. The molecule has 0 saturated heterocycles. The van der Waals surface area contributed by atoms with Crippen LogP contribution in [0.1, 0.15) is 25.1 Å². The summed E-state index contributed by atoms with van der Waals surface area (Å²) in [5.41, 5.74) is 2.15. The van der Waals surface area contributed by atoms with E-state index < -0.39 is 0 Å². The minimum atomic E-state index is -0.0613. The summed E-state index contributed by atoms with van der Waals surface area (Å²) in [6.07, 6.45) is 2.95. The first-order valence-corrected chi connectivity index (χ1v) is 8.28. The largest absolute Gasteiger partial charge is 0.395 e. The van der Waals surface area contributed by atoms with Crippen molar-refractivity contribution in [3.05, 3.63) is 30.1 Å². The Balaban J connectivity index is 1.51. The number of aryl methyl sites for hydroxylation is 2. The summed E-state index contributed by atoms with van der Waals surface area (Å²) >= 11 is 0. The number of carbonyl (C=O) groups is 1. The summed E-state index contributed by atoms with van der Waals surface area (Å²) in [6, 6.07) is 8.36. The predicted octanol–water partition coefficient (Wildman–Crippen LogP) is 1.90. The minimum Gasteiger partial charge on any atom is -0.395 e. The Morgan fingerprint density at radius 1 is 1.43 bits per heavy atom. The number of hydrogen-bond donors (Lipinski definition) is 2. The number of nitrogens with zero attached hydrogens (tertiary/aromatic N) is 3. The van der Waals surface area contributed by atoms with Crippen LogP contribution in [0.5, 0.6) is 0 Å². The molecule has 1 saturated carbocycles. The first-order chi connectivity index (χ1) is 11.2. The Morgan fingerprint density at radius 3 is 2.96 bits per heavy atom. The van der Waals surface area contributed by atoms with E-state index in [9.17, 15) is 4.79 Å². The minimum absolute atomic E-state index is 0.0180. The summed E-state index contributed by atoms with van der Waals surface area (Å²) in [5, 5.41) is 12.0. The molecule has 2 N–H and O–H groups in total. The lowest BCUT2D eigenvalue weighted by Crippen LogP contribution is -2.43. The van der Waals surface area contributed by atoms with E-state index in [1.165, 1.54) is 0 Å². The molecule has 1 aromatic heterocycles. The molecule has 0 spiro atoms. The number of hydrogen-bond acceptors (Lipinski definition) is 3. The van der Waals surface area contributed by atoms with Crippen LogP contribution in [-0.4, -0.2) is 51.3 Å². The quantitative estimate of drug-likeness (QED) is 0.767. The van der Waals surface area contributed by atoms with Crippen LogP contribution in [0.25, 0.3) is 11.0 Å². The second-order valence-electron chi connectivity index (χ2n) is 6.03. The molecular formula is C17H24N4O2. The van der Waals surface area contributed by atoms with Gasteiger partial charge >= 0.3 is 6.03 Å². The highest BCUT2D eigenvalue weighted by Crippen LogP contribution is 2.26. The van der Waals surface area contributed by atoms with Gasteiger partial charge in [-0.25, -0.2) is 9.78 Å². The van der Waals surface area contributed by atoms with Crippen molar-refractivity contribution in [1.82, 2.24) is 19.8 Å². The van der Waals surface area contributed by atoms with Crippen molar-refractivity contribution in [2.45, 2.75) is 38.8 Å². The zero-order valence-electron chi connectivity index (χ0n) is 13.5. The van der Waals surface area contributed by atoms with Gasteiger partial charge in [-0.1, -0.05) is 12.1 Å². The Morgan fingerprint density at radius 2 is 2.22 bits per heavy atom. The molecule has 6 heteroatoms. The third-order valence-electron chi connectivity index (χ3n) is 4.27. The van der Waals surface area contributed by atoms with Crippen LogP contribution < -0.4 is 5.32 Å². The van der Waals surface area contributed by atoms with E-state index in [2.05, 4.69) is 20.9 Å². The zero-order valence-corrected chi connectivity index (χ0v) is 13.5. The van der Waals surface area contributed by atoms with E-state index in [4.69, 9.17) is 5.11 Å². The molecule has 1 fully saturated rings. The van der Waals surface area contributed by atoms with Crippen LogP contribution in [0.15, 0.2) is 24.3 Å². The van der Waals surface area contributed by atoms with Crippen LogP contribution in [0.3, 0.4) is 0 Å².